The summed E-state index contributed by atoms with van der Waals surface area (Å²) in [6.45, 7) is 5.03. The molecule has 1 aliphatic heterocycles. The normalized spacial score (nSPS) is 16.4. The number of fused-ring (bicyclic) bond motifs is 1. The Kier molecular flexibility index (Phi) is 4.03. The van der Waals surface area contributed by atoms with Crippen LogP contribution >= 0.6 is 0 Å². The molecule has 0 spiro atoms. The molecule has 1 N–H and O–H groups in total. The molecule has 3 heteroatoms. The minimum atomic E-state index is 0.368. The summed E-state index contributed by atoms with van der Waals surface area (Å²) in [5, 5.41) is 3.24. The second-order valence-corrected chi connectivity index (χ2v) is 4.67. The number of nitrogens with zero attached hydrogens (tertiary/aromatic N) is 1. The van der Waals surface area contributed by atoms with Gasteiger partial charge in [0.15, 0.2) is 0 Å². The van der Waals surface area contributed by atoms with E-state index in [9.17, 15) is 0 Å². The third-order valence-electron chi connectivity index (χ3n) is 3.26. The molecule has 2 rings (SSSR count). The molecule has 0 saturated carbocycles. The molecule has 0 bridgehead atoms. The smallest absolute Gasteiger partial charge is 0.127 e. The summed E-state index contributed by atoms with van der Waals surface area (Å²) in [5.41, 5.74) is 3.92. The summed E-state index contributed by atoms with van der Waals surface area (Å²) in [4.78, 5) is 3.94. The van der Waals surface area contributed by atoms with Crippen LogP contribution in [0.15, 0.2) is 34.8 Å². The first-order chi connectivity index (χ1) is 8.72. The van der Waals surface area contributed by atoms with E-state index in [1.54, 1.807) is 13.4 Å². The lowest BCUT2D eigenvalue weighted by atomic mass is 9.95. The van der Waals surface area contributed by atoms with Crippen molar-refractivity contribution in [1.82, 2.24) is 5.32 Å². The SMILES string of the molecule is CN=CNC(C)CC1=C(C)c2ccccc2OC1. The second-order valence-electron chi connectivity index (χ2n) is 4.67. The van der Waals surface area contributed by atoms with Gasteiger partial charge in [0.2, 0.25) is 0 Å². The van der Waals surface area contributed by atoms with Crippen LogP contribution in [-0.4, -0.2) is 26.0 Å². The topological polar surface area (TPSA) is 33.6 Å². The van der Waals surface area contributed by atoms with Crippen LogP contribution in [0.5, 0.6) is 5.75 Å². The first-order valence-corrected chi connectivity index (χ1v) is 6.30. The van der Waals surface area contributed by atoms with Crippen LogP contribution < -0.4 is 10.1 Å². The minimum Gasteiger partial charge on any atom is -0.489 e. The molecule has 18 heavy (non-hydrogen) atoms. The fourth-order valence-electron chi connectivity index (χ4n) is 2.21. The summed E-state index contributed by atoms with van der Waals surface area (Å²) in [5.74, 6) is 0.995. The number of ether oxygens (including phenoxy) is 1. The first kappa shape index (κ1) is 12.7. The molecule has 0 saturated heterocycles. The van der Waals surface area contributed by atoms with E-state index in [1.165, 1.54) is 16.7 Å². The lowest BCUT2D eigenvalue weighted by Gasteiger charge is -2.24. The van der Waals surface area contributed by atoms with Crippen LogP contribution in [0.1, 0.15) is 25.8 Å². The van der Waals surface area contributed by atoms with Crippen molar-refractivity contribution in [2.24, 2.45) is 4.99 Å². The minimum absolute atomic E-state index is 0.368. The van der Waals surface area contributed by atoms with E-state index in [1.807, 2.05) is 12.1 Å². The van der Waals surface area contributed by atoms with Crippen molar-refractivity contribution in [3.05, 3.63) is 35.4 Å². The molecule has 1 aromatic carbocycles. The van der Waals surface area contributed by atoms with Gasteiger partial charge in [-0.05, 0) is 37.5 Å². The van der Waals surface area contributed by atoms with Crippen LogP contribution in [0, 0.1) is 0 Å². The number of allylic oxidation sites excluding steroid dienone is 1. The summed E-state index contributed by atoms with van der Waals surface area (Å²) in [6, 6.07) is 8.59. The van der Waals surface area contributed by atoms with E-state index in [4.69, 9.17) is 4.74 Å². The number of aliphatic imine (C=N–C) groups is 1. The van der Waals surface area contributed by atoms with Gasteiger partial charge in [0, 0.05) is 18.7 Å². The molecule has 0 amide bonds. The fourth-order valence-corrected chi connectivity index (χ4v) is 2.21. The van der Waals surface area contributed by atoms with Crippen molar-refractivity contribution in [2.45, 2.75) is 26.3 Å². The molecule has 0 fully saturated rings. The molecular weight excluding hydrogens is 224 g/mol. The predicted octanol–water partition coefficient (Wildman–Crippen LogP) is 2.88. The predicted molar refractivity (Wildman–Crippen MR) is 76.2 cm³/mol. The van der Waals surface area contributed by atoms with Crippen LogP contribution in [0.4, 0.5) is 0 Å². The van der Waals surface area contributed by atoms with Crippen molar-refractivity contribution >= 4 is 11.9 Å². The Morgan fingerprint density at radius 2 is 2.22 bits per heavy atom. The molecule has 1 aromatic rings. The largest absolute Gasteiger partial charge is 0.489 e. The van der Waals surface area contributed by atoms with Crippen molar-refractivity contribution < 1.29 is 4.74 Å². The van der Waals surface area contributed by atoms with E-state index in [0.717, 1.165) is 12.2 Å². The Morgan fingerprint density at radius 1 is 1.44 bits per heavy atom. The third-order valence-corrected chi connectivity index (χ3v) is 3.26. The van der Waals surface area contributed by atoms with Crippen LogP contribution in [-0.2, 0) is 0 Å². The summed E-state index contributed by atoms with van der Waals surface area (Å²) < 4.78 is 5.79. The standard InChI is InChI=1S/C15H20N2O/c1-11(17-10-16-3)8-13-9-18-15-7-5-4-6-14(15)12(13)2/h4-7,10-11H,8-9H2,1-3H3,(H,16,17). The summed E-state index contributed by atoms with van der Waals surface area (Å²) in [7, 11) is 1.77. The molecule has 96 valence electrons. The molecule has 3 nitrogen and oxygen atoms in total. The van der Waals surface area contributed by atoms with Gasteiger partial charge in [0.05, 0.1) is 6.34 Å². The van der Waals surface area contributed by atoms with Crippen molar-refractivity contribution in [2.75, 3.05) is 13.7 Å². The first-order valence-electron chi connectivity index (χ1n) is 6.30. The molecule has 1 aliphatic rings. The monoisotopic (exact) mass is 244 g/mol. The van der Waals surface area contributed by atoms with Crippen molar-refractivity contribution in [3.8, 4) is 5.75 Å². The van der Waals surface area contributed by atoms with Gasteiger partial charge in [-0.15, -0.1) is 0 Å². The van der Waals surface area contributed by atoms with Gasteiger partial charge in [-0.1, -0.05) is 18.2 Å². The highest BCUT2D eigenvalue weighted by Gasteiger charge is 2.17. The zero-order valence-corrected chi connectivity index (χ0v) is 11.2. The zero-order valence-electron chi connectivity index (χ0n) is 11.2. The Balaban J connectivity index is 2.14. The molecule has 1 unspecified atom stereocenters. The number of hydrogen-bond acceptors (Lipinski definition) is 2. The zero-order chi connectivity index (χ0) is 13.0. The average molecular weight is 244 g/mol. The van der Waals surface area contributed by atoms with Crippen LogP contribution in [0.2, 0.25) is 0 Å². The van der Waals surface area contributed by atoms with Gasteiger partial charge >= 0.3 is 0 Å². The van der Waals surface area contributed by atoms with E-state index in [0.29, 0.717) is 12.6 Å². The Labute approximate surface area is 109 Å². The van der Waals surface area contributed by atoms with Gasteiger partial charge in [-0.25, -0.2) is 0 Å². The number of benzene rings is 1. The highest BCUT2D eigenvalue weighted by Crippen LogP contribution is 2.33. The van der Waals surface area contributed by atoms with E-state index in [-0.39, 0.29) is 0 Å². The maximum atomic E-state index is 5.79. The van der Waals surface area contributed by atoms with Crippen molar-refractivity contribution in [1.29, 1.82) is 0 Å². The molecule has 1 heterocycles. The molecule has 0 aliphatic carbocycles. The highest BCUT2D eigenvalue weighted by atomic mass is 16.5. The van der Waals surface area contributed by atoms with Crippen molar-refractivity contribution in [3.63, 3.8) is 0 Å². The Hall–Kier alpha value is -1.77. The molecular formula is C15H20N2O. The number of para-hydroxylation sites is 1. The summed E-state index contributed by atoms with van der Waals surface area (Å²) in [6.07, 6.45) is 2.73. The quantitative estimate of drug-likeness (QED) is 0.652. The Bertz CT molecular complexity index is 477. The summed E-state index contributed by atoms with van der Waals surface area (Å²) >= 11 is 0. The van der Waals surface area contributed by atoms with E-state index >= 15 is 0 Å². The number of hydrogen-bond donors (Lipinski definition) is 1. The van der Waals surface area contributed by atoms with Gasteiger partial charge in [-0.2, -0.15) is 0 Å². The average Bonchev–Trinajstić information content (AvgIpc) is 2.40. The lowest BCUT2D eigenvalue weighted by Crippen LogP contribution is -2.26. The third kappa shape index (κ3) is 2.73. The maximum absolute atomic E-state index is 5.79. The maximum Gasteiger partial charge on any atom is 0.127 e. The number of nitrogens with one attached hydrogen (secondary N) is 1. The molecule has 0 radical (unpaired) electrons. The lowest BCUT2D eigenvalue weighted by molar-refractivity contribution is 0.338. The van der Waals surface area contributed by atoms with E-state index < -0.39 is 0 Å². The second kappa shape index (κ2) is 5.71. The Morgan fingerprint density at radius 3 is 3.00 bits per heavy atom. The van der Waals surface area contributed by atoms with Gasteiger partial charge < -0.3 is 10.1 Å². The van der Waals surface area contributed by atoms with Gasteiger partial charge in [0.1, 0.15) is 12.4 Å². The fraction of sp³-hybridized carbons (Fsp3) is 0.400. The highest BCUT2D eigenvalue weighted by molar-refractivity contribution is 5.73. The van der Waals surface area contributed by atoms with Crippen LogP contribution in [0.3, 0.4) is 0 Å². The molecule has 0 aromatic heterocycles. The van der Waals surface area contributed by atoms with Gasteiger partial charge in [0.25, 0.3) is 0 Å². The molecule has 1 atom stereocenters. The van der Waals surface area contributed by atoms with Crippen LogP contribution in [0.25, 0.3) is 5.57 Å². The van der Waals surface area contributed by atoms with E-state index in [2.05, 4.69) is 36.3 Å². The van der Waals surface area contributed by atoms with Gasteiger partial charge in [-0.3, -0.25) is 4.99 Å². The number of rotatable bonds is 4.